The molecular weight excluding hydrogens is 208 g/mol. The molecule has 0 spiro atoms. The molecule has 0 unspecified atom stereocenters. The SMILES string of the molecule is Cc1ccc(C(C)C)c(-c2ccc(O)cc2)c1. The van der Waals surface area contributed by atoms with E-state index in [1.165, 1.54) is 16.7 Å². The van der Waals surface area contributed by atoms with Crippen LogP contribution < -0.4 is 0 Å². The van der Waals surface area contributed by atoms with Crippen LogP contribution in [0.5, 0.6) is 5.75 Å². The average Bonchev–Trinajstić information content (AvgIpc) is 2.29. The molecule has 0 atom stereocenters. The lowest BCUT2D eigenvalue weighted by Crippen LogP contribution is -1.93. The minimum absolute atomic E-state index is 0.313. The number of hydrogen-bond acceptors (Lipinski definition) is 1. The number of aromatic hydroxyl groups is 1. The van der Waals surface area contributed by atoms with Crippen LogP contribution in [0.3, 0.4) is 0 Å². The maximum atomic E-state index is 9.34. The molecule has 0 radical (unpaired) electrons. The van der Waals surface area contributed by atoms with E-state index < -0.39 is 0 Å². The summed E-state index contributed by atoms with van der Waals surface area (Å²) >= 11 is 0. The van der Waals surface area contributed by atoms with Gasteiger partial charge in [-0.25, -0.2) is 0 Å². The first-order valence-electron chi connectivity index (χ1n) is 5.98. The van der Waals surface area contributed by atoms with Gasteiger partial charge in [0.25, 0.3) is 0 Å². The van der Waals surface area contributed by atoms with Gasteiger partial charge in [-0.2, -0.15) is 0 Å². The van der Waals surface area contributed by atoms with Crippen LogP contribution in [0.25, 0.3) is 11.1 Å². The lowest BCUT2D eigenvalue weighted by Gasteiger charge is -2.14. The molecule has 1 nitrogen and oxygen atoms in total. The molecule has 0 bridgehead atoms. The van der Waals surface area contributed by atoms with Gasteiger partial charge in [0, 0.05) is 0 Å². The second kappa shape index (κ2) is 4.62. The molecule has 0 heterocycles. The standard InChI is InChI=1S/C16H18O/c1-11(2)15-9-4-12(3)10-16(15)13-5-7-14(17)8-6-13/h4-11,17H,1-3H3. The number of hydrogen-bond donors (Lipinski definition) is 1. The molecule has 0 aliphatic heterocycles. The van der Waals surface area contributed by atoms with Crippen LogP contribution in [-0.4, -0.2) is 5.11 Å². The highest BCUT2D eigenvalue weighted by Crippen LogP contribution is 2.30. The van der Waals surface area contributed by atoms with Gasteiger partial charge in [-0.15, -0.1) is 0 Å². The van der Waals surface area contributed by atoms with Crippen molar-refractivity contribution >= 4 is 0 Å². The highest BCUT2D eigenvalue weighted by molar-refractivity contribution is 5.69. The van der Waals surface area contributed by atoms with Crippen molar-refractivity contribution in [3.05, 3.63) is 53.6 Å². The summed E-state index contributed by atoms with van der Waals surface area (Å²) in [6.45, 7) is 6.51. The predicted molar refractivity (Wildman–Crippen MR) is 72.4 cm³/mol. The number of benzene rings is 2. The number of phenolic OH excluding ortho intramolecular Hbond substituents is 1. The van der Waals surface area contributed by atoms with Gasteiger partial charge >= 0.3 is 0 Å². The maximum Gasteiger partial charge on any atom is 0.115 e. The summed E-state index contributed by atoms with van der Waals surface area (Å²) in [6, 6.07) is 14.0. The Balaban J connectivity index is 2.56. The second-order valence-electron chi connectivity index (χ2n) is 4.79. The van der Waals surface area contributed by atoms with Crippen molar-refractivity contribution in [3.63, 3.8) is 0 Å². The van der Waals surface area contributed by atoms with Gasteiger partial charge in [0.15, 0.2) is 0 Å². The monoisotopic (exact) mass is 226 g/mol. The van der Waals surface area contributed by atoms with Crippen molar-refractivity contribution in [2.45, 2.75) is 26.7 Å². The zero-order valence-electron chi connectivity index (χ0n) is 10.6. The Hall–Kier alpha value is -1.76. The van der Waals surface area contributed by atoms with Gasteiger partial charge in [0.2, 0.25) is 0 Å². The van der Waals surface area contributed by atoms with E-state index in [0.717, 1.165) is 5.56 Å². The smallest absolute Gasteiger partial charge is 0.115 e. The van der Waals surface area contributed by atoms with E-state index in [-0.39, 0.29) is 0 Å². The fourth-order valence-corrected chi connectivity index (χ4v) is 2.06. The summed E-state index contributed by atoms with van der Waals surface area (Å²) < 4.78 is 0. The third-order valence-electron chi connectivity index (χ3n) is 3.01. The van der Waals surface area contributed by atoms with E-state index in [1.807, 2.05) is 12.1 Å². The molecule has 0 aliphatic rings. The van der Waals surface area contributed by atoms with Gasteiger partial charge in [0.1, 0.15) is 5.75 Å². The molecule has 0 amide bonds. The van der Waals surface area contributed by atoms with Crippen LogP contribution in [0, 0.1) is 6.92 Å². The number of rotatable bonds is 2. The van der Waals surface area contributed by atoms with E-state index >= 15 is 0 Å². The normalized spacial score (nSPS) is 10.8. The second-order valence-corrected chi connectivity index (χ2v) is 4.79. The van der Waals surface area contributed by atoms with Crippen LogP contribution in [0.4, 0.5) is 0 Å². The van der Waals surface area contributed by atoms with Gasteiger partial charge in [-0.3, -0.25) is 0 Å². The highest BCUT2D eigenvalue weighted by atomic mass is 16.3. The fourth-order valence-electron chi connectivity index (χ4n) is 2.06. The highest BCUT2D eigenvalue weighted by Gasteiger charge is 2.08. The van der Waals surface area contributed by atoms with Gasteiger partial charge in [-0.1, -0.05) is 49.7 Å². The molecular formula is C16H18O. The first kappa shape index (κ1) is 11.7. The molecule has 17 heavy (non-hydrogen) atoms. The molecule has 0 fully saturated rings. The van der Waals surface area contributed by atoms with Crippen LogP contribution in [0.1, 0.15) is 30.9 Å². The molecule has 0 saturated carbocycles. The van der Waals surface area contributed by atoms with Crippen LogP contribution >= 0.6 is 0 Å². The zero-order chi connectivity index (χ0) is 12.4. The summed E-state index contributed by atoms with van der Waals surface area (Å²) in [6.07, 6.45) is 0. The minimum Gasteiger partial charge on any atom is -0.508 e. The fraction of sp³-hybridized carbons (Fsp3) is 0.250. The largest absolute Gasteiger partial charge is 0.508 e. The van der Waals surface area contributed by atoms with E-state index in [2.05, 4.69) is 39.0 Å². The molecule has 88 valence electrons. The molecule has 2 aromatic rings. The summed E-state index contributed by atoms with van der Waals surface area (Å²) in [7, 11) is 0. The molecule has 0 saturated heterocycles. The van der Waals surface area contributed by atoms with E-state index in [0.29, 0.717) is 11.7 Å². The van der Waals surface area contributed by atoms with E-state index in [4.69, 9.17) is 0 Å². The molecule has 0 aromatic heterocycles. The summed E-state index contributed by atoms with van der Waals surface area (Å²) in [5, 5.41) is 9.34. The predicted octanol–water partition coefficient (Wildman–Crippen LogP) is 4.49. The van der Waals surface area contributed by atoms with Crippen molar-refractivity contribution in [1.29, 1.82) is 0 Å². The topological polar surface area (TPSA) is 20.2 Å². The van der Waals surface area contributed by atoms with Crippen molar-refractivity contribution in [2.75, 3.05) is 0 Å². The quantitative estimate of drug-likeness (QED) is 0.799. The van der Waals surface area contributed by atoms with Gasteiger partial charge in [0.05, 0.1) is 0 Å². The van der Waals surface area contributed by atoms with E-state index in [1.54, 1.807) is 12.1 Å². The Bertz CT molecular complexity index is 510. The van der Waals surface area contributed by atoms with Gasteiger partial charge < -0.3 is 5.11 Å². The minimum atomic E-state index is 0.313. The van der Waals surface area contributed by atoms with Gasteiger partial charge in [-0.05, 0) is 41.7 Å². The van der Waals surface area contributed by atoms with Crippen molar-refractivity contribution in [3.8, 4) is 16.9 Å². The van der Waals surface area contributed by atoms with Crippen molar-refractivity contribution in [2.24, 2.45) is 0 Å². The summed E-state index contributed by atoms with van der Waals surface area (Å²) in [5.41, 5.74) is 5.04. The Kier molecular flexibility index (Phi) is 3.19. The first-order valence-corrected chi connectivity index (χ1v) is 5.98. The lowest BCUT2D eigenvalue weighted by atomic mass is 9.91. The molecule has 2 rings (SSSR count). The number of aryl methyl sites for hydroxylation is 1. The third kappa shape index (κ3) is 2.50. The third-order valence-corrected chi connectivity index (χ3v) is 3.01. The molecule has 1 heteroatoms. The lowest BCUT2D eigenvalue weighted by molar-refractivity contribution is 0.475. The molecule has 0 aliphatic carbocycles. The Morgan fingerprint density at radius 3 is 2.18 bits per heavy atom. The maximum absolute atomic E-state index is 9.34. The van der Waals surface area contributed by atoms with Crippen LogP contribution in [0.2, 0.25) is 0 Å². The molecule has 1 N–H and O–H groups in total. The Morgan fingerprint density at radius 2 is 1.59 bits per heavy atom. The van der Waals surface area contributed by atoms with Crippen molar-refractivity contribution < 1.29 is 5.11 Å². The van der Waals surface area contributed by atoms with E-state index in [9.17, 15) is 5.11 Å². The Morgan fingerprint density at radius 1 is 0.941 bits per heavy atom. The van der Waals surface area contributed by atoms with Crippen LogP contribution in [-0.2, 0) is 0 Å². The first-order chi connectivity index (χ1) is 8.08. The average molecular weight is 226 g/mol. The summed E-state index contributed by atoms with van der Waals surface area (Å²) in [5.74, 6) is 0.812. The summed E-state index contributed by atoms with van der Waals surface area (Å²) in [4.78, 5) is 0. The number of phenols is 1. The van der Waals surface area contributed by atoms with Crippen molar-refractivity contribution in [1.82, 2.24) is 0 Å². The van der Waals surface area contributed by atoms with Crippen LogP contribution in [0.15, 0.2) is 42.5 Å². The zero-order valence-corrected chi connectivity index (χ0v) is 10.6. The molecule has 2 aromatic carbocycles. The Labute approximate surface area is 103 Å².